The number of rotatable bonds is 8. The van der Waals surface area contributed by atoms with Crippen LogP contribution >= 0.6 is 0 Å². The molecule has 0 amide bonds. The third-order valence-corrected chi connectivity index (χ3v) is 6.38. The second kappa shape index (κ2) is 8.69. The van der Waals surface area contributed by atoms with Gasteiger partial charge in [-0.25, -0.2) is 17.2 Å². The quantitative estimate of drug-likeness (QED) is 0.547. The van der Waals surface area contributed by atoms with E-state index in [2.05, 4.69) is 10.2 Å². The highest BCUT2D eigenvalue weighted by Gasteiger charge is 2.29. The minimum atomic E-state index is -4.00. The highest BCUT2D eigenvalue weighted by molar-refractivity contribution is 7.92. The number of aromatic nitrogens is 3. The van der Waals surface area contributed by atoms with Crippen molar-refractivity contribution in [3.63, 3.8) is 0 Å². The van der Waals surface area contributed by atoms with Crippen molar-refractivity contribution in [2.24, 2.45) is 0 Å². The lowest BCUT2D eigenvalue weighted by molar-refractivity contribution is 0.508. The molecule has 9 heteroatoms. The highest BCUT2D eigenvalue weighted by Crippen LogP contribution is 2.35. The lowest BCUT2D eigenvalue weighted by Gasteiger charge is -2.26. The minimum Gasteiger partial charge on any atom is -0.314 e. The third kappa shape index (κ3) is 4.14. The van der Waals surface area contributed by atoms with Crippen LogP contribution in [-0.2, 0) is 16.6 Å². The molecule has 0 atom stereocenters. The Labute approximate surface area is 168 Å². The number of halogens is 2. The van der Waals surface area contributed by atoms with Crippen LogP contribution in [0.25, 0.3) is 11.4 Å². The molecule has 0 aliphatic rings. The Balaban J connectivity index is 2.25. The van der Waals surface area contributed by atoms with Crippen LogP contribution in [0.5, 0.6) is 0 Å². The molecule has 2 aromatic carbocycles. The standard InChI is InChI=1S/C20H22F2N4O2S/c1-3-5-11-26(29(27,28)15-9-7-6-8-10-15)19-13-18(22)17(21)12-16(19)20-24-23-14-25(20)4-2/h6-10,12-14H,3-5,11H2,1-2H3. The van der Waals surface area contributed by atoms with Crippen LogP contribution in [0, 0.1) is 11.6 Å². The fraction of sp³-hybridized carbons (Fsp3) is 0.300. The van der Waals surface area contributed by atoms with E-state index in [9.17, 15) is 17.2 Å². The molecular weight excluding hydrogens is 398 g/mol. The second-order valence-electron chi connectivity index (χ2n) is 6.47. The molecule has 0 aliphatic heterocycles. The molecule has 0 spiro atoms. The van der Waals surface area contributed by atoms with Crippen molar-refractivity contribution in [1.82, 2.24) is 14.8 Å². The van der Waals surface area contributed by atoms with Crippen molar-refractivity contribution >= 4 is 15.7 Å². The summed E-state index contributed by atoms with van der Waals surface area (Å²) in [6, 6.07) is 9.78. The van der Waals surface area contributed by atoms with Gasteiger partial charge in [0.1, 0.15) is 6.33 Å². The van der Waals surface area contributed by atoms with E-state index in [0.29, 0.717) is 13.0 Å². The first kappa shape index (κ1) is 20.9. The summed E-state index contributed by atoms with van der Waals surface area (Å²) in [5.74, 6) is -1.94. The van der Waals surface area contributed by atoms with E-state index in [0.717, 1.165) is 22.9 Å². The molecule has 3 aromatic rings. The van der Waals surface area contributed by atoms with Crippen molar-refractivity contribution in [3.8, 4) is 11.4 Å². The van der Waals surface area contributed by atoms with Crippen molar-refractivity contribution in [1.29, 1.82) is 0 Å². The van der Waals surface area contributed by atoms with Crippen LogP contribution in [-0.4, -0.2) is 29.7 Å². The number of unbranched alkanes of at least 4 members (excludes halogenated alkanes) is 1. The van der Waals surface area contributed by atoms with Gasteiger partial charge in [0.05, 0.1) is 10.6 Å². The summed E-state index contributed by atoms with van der Waals surface area (Å²) in [5.41, 5.74) is 0.197. The van der Waals surface area contributed by atoms with E-state index in [4.69, 9.17) is 0 Å². The predicted octanol–water partition coefficient (Wildman–Crippen LogP) is 4.24. The fourth-order valence-electron chi connectivity index (χ4n) is 3.01. The van der Waals surface area contributed by atoms with E-state index >= 15 is 0 Å². The monoisotopic (exact) mass is 420 g/mol. The molecule has 1 aromatic heterocycles. The fourth-order valence-corrected chi connectivity index (χ4v) is 4.54. The van der Waals surface area contributed by atoms with Gasteiger partial charge < -0.3 is 4.57 Å². The van der Waals surface area contributed by atoms with Gasteiger partial charge in [-0.05, 0) is 31.5 Å². The van der Waals surface area contributed by atoms with Gasteiger partial charge in [-0.1, -0.05) is 31.5 Å². The molecule has 0 unspecified atom stereocenters. The normalized spacial score (nSPS) is 11.6. The largest absolute Gasteiger partial charge is 0.314 e. The van der Waals surface area contributed by atoms with E-state index in [1.165, 1.54) is 18.5 Å². The molecule has 29 heavy (non-hydrogen) atoms. The number of hydrogen-bond donors (Lipinski definition) is 0. The SMILES string of the molecule is CCCCN(c1cc(F)c(F)cc1-c1nncn1CC)S(=O)(=O)c1ccccc1. The van der Waals surface area contributed by atoms with Gasteiger partial charge in [0.25, 0.3) is 10.0 Å². The van der Waals surface area contributed by atoms with Crippen LogP contribution in [0.2, 0.25) is 0 Å². The lowest BCUT2D eigenvalue weighted by Crippen LogP contribution is -2.32. The van der Waals surface area contributed by atoms with Crippen LogP contribution < -0.4 is 4.31 Å². The van der Waals surface area contributed by atoms with Crippen LogP contribution in [0.4, 0.5) is 14.5 Å². The summed E-state index contributed by atoms with van der Waals surface area (Å²) < 4.78 is 57.9. The summed E-state index contributed by atoms with van der Waals surface area (Å²) in [6.45, 7) is 4.38. The second-order valence-corrected chi connectivity index (χ2v) is 8.33. The minimum absolute atomic E-state index is 0.0314. The molecule has 0 N–H and O–H groups in total. The van der Waals surface area contributed by atoms with Crippen molar-refractivity contribution in [3.05, 3.63) is 60.4 Å². The van der Waals surface area contributed by atoms with E-state index in [1.807, 2.05) is 13.8 Å². The van der Waals surface area contributed by atoms with Gasteiger partial charge in [-0.15, -0.1) is 10.2 Å². The number of nitrogens with zero attached hydrogens (tertiary/aromatic N) is 4. The average molecular weight is 420 g/mol. The molecule has 3 rings (SSSR count). The van der Waals surface area contributed by atoms with Crippen molar-refractivity contribution in [2.75, 3.05) is 10.8 Å². The van der Waals surface area contributed by atoms with Gasteiger partial charge >= 0.3 is 0 Å². The third-order valence-electron chi connectivity index (χ3n) is 4.55. The molecule has 154 valence electrons. The molecule has 0 fully saturated rings. The van der Waals surface area contributed by atoms with Crippen LogP contribution in [0.15, 0.2) is 53.7 Å². The maximum absolute atomic E-state index is 14.2. The highest BCUT2D eigenvalue weighted by atomic mass is 32.2. The zero-order chi connectivity index (χ0) is 21.0. The Morgan fingerprint density at radius 3 is 2.41 bits per heavy atom. The molecule has 0 saturated heterocycles. The van der Waals surface area contributed by atoms with Gasteiger partial charge in [0, 0.05) is 24.7 Å². The number of anilines is 1. The summed E-state index contributed by atoms with van der Waals surface area (Å²) in [6.07, 6.45) is 2.73. The predicted molar refractivity (Wildman–Crippen MR) is 107 cm³/mol. The first-order chi connectivity index (χ1) is 13.9. The van der Waals surface area contributed by atoms with Crippen LogP contribution in [0.3, 0.4) is 0 Å². The lowest BCUT2D eigenvalue weighted by atomic mass is 10.1. The maximum atomic E-state index is 14.2. The van der Waals surface area contributed by atoms with Crippen LogP contribution in [0.1, 0.15) is 26.7 Å². The van der Waals surface area contributed by atoms with E-state index in [1.54, 1.807) is 22.8 Å². The average Bonchev–Trinajstić information content (AvgIpc) is 3.19. The molecule has 0 bridgehead atoms. The number of hydrogen-bond acceptors (Lipinski definition) is 4. The summed E-state index contributed by atoms with van der Waals surface area (Å²) in [5, 5.41) is 7.84. The first-order valence-corrected chi connectivity index (χ1v) is 10.8. The molecule has 0 radical (unpaired) electrons. The maximum Gasteiger partial charge on any atom is 0.264 e. The Bertz CT molecular complexity index is 1090. The topological polar surface area (TPSA) is 68.1 Å². The zero-order valence-corrected chi connectivity index (χ0v) is 17.0. The first-order valence-electron chi connectivity index (χ1n) is 9.35. The van der Waals surface area contributed by atoms with Gasteiger partial charge in [-0.3, -0.25) is 4.31 Å². The molecule has 0 aliphatic carbocycles. The molecule has 1 heterocycles. The Kier molecular flexibility index (Phi) is 6.26. The van der Waals surface area contributed by atoms with E-state index in [-0.39, 0.29) is 28.5 Å². The Morgan fingerprint density at radius 2 is 1.76 bits per heavy atom. The number of aryl methyl sites for hydroxylation is 1. The van der Waals surface area contributed by atoms with Gasteiger partial charge in [0.2, 0.25) is 0 Å². The van der Waals surface area contributed by atoms with Crippen molar-refractivity contribution in [2.45, 2.75) is 38.1 Å². The van der Waals surface area contributed by atoms with E-state index < -0.39 is 21.7 Å². The summed E-state index contributed by atoms with van der Waals surface area (Å²) in [4.78, 5) is 0.0729. The molecule has 0 saturated carbocycles. The smallest absolute Gasteiger partial charge is 0.264 e. The van der Waals surface area contributed by atoms with Gasteiger partial charge in [0.15, 0.2) is 17.5 Å². The Morgan fingerprint density at radius 1 is 1.07 bits per heavy atom. The number of benzene rings is 2. The summed E-state index contributed by atoms with van der Waals surface area (Å²) >= 11 is 0. The molecular formula is C20H22F2N4O2S. The zero-order valence-electron chi connectivity index (χ0n) is 16.2. The number of sulfonamides is 1. The van der Waals surface area contributed by atoms with Crippen molar-refractivity contribution < 1.29 is 17.2 Å². The summed E-state index contributed by atoms with van der Waals surface area (Å²) in [7, 11) is -4.00. The Hall–Kier alpha value is -2.81. The molecule has 6 nitrogen and oxygen atoms in total. The van der Waals surface area contributed by atoms with Gasteiger partial charge in [-0.2, -0.15) is 0 Å².